The lowest BCUT2D eigenvalue weighted by Crippen LogP contribution is -2.45. The Kier molecular flexibility index (Phi) is 6.33. The van der Waals surface area contributed by atoms with Crippen LogP contribution in [0.1, 0.15) is 45.4 Å². The summed E-state index contributed by atoms with van der Waals surface area (Å²) in [6.45, 7) is 13.3. The molecule has 1 aromatic carbocycles. The van der Waals surface area contributed by atoms with Crippen LogP contribution in [0.5, 0.6) is 0 Å². The average Bonchev–Trinajstić information content (AvgIpc) is 3.24. The van der Waals surface area contributed by atoms with Crippen molar-refractivity contribution >= 4 is 31.2 Å². The molecule has 0 saturated heterocycles. The number of carbonyl (C=O) groups is 2. The Labute approximate surface area is 197 Å². The van der Waals surface area contributed by atoms with E-state index in [-0.39, 0.29) is 11.5 Å². The number of para-hydroxylation sites is 1. The number of aromatic nitrogens is 1. The normalized spacial score (nSPS) is 19.7. The molecule has 1 aliphatic rings. The van der Waals surface area contributed by atoms with Gasteiger partial charge in [-0.2, -0.15) is 0 Å². The molecule has 6 nitrogen and oxygen atoms in total. The highest BCUT2D eigenvalue weighted by Crippen LogP contribution is 2.51. The minimum absolute atomic E-state index is 0.0711. The van der Waals surface area contributed by atoms with Gasteiger partial charge in [0.15, 0.2) is 8.32 Å². The maximum Gasteiger partial charge on any atom is 0.329 e. The Balaban J connectivity index is 2.26. The molecule has 7 heteroatoms. The van der Waals surface area contributed by atoms with Crippen LogP contribution in [-0.4, -0.2) is 45.6 Å². The second-order valence-corrected chi connectivity index (χ2v) is 15.3. The highest BCUT2D eigenvalue weighted by Gasteiger charge is 2.62. The van der Waals surface area contributed by atoms with Crippen LogP contribution in [0, 0.1) is 12.3 Å². The molecule has 2 heterocycles. The summed E-state index contributed by atoms with van der Waals surface area (Å²) < 4.78 is 18.7. The smallest absolute Gasteiger partial charge is 0.329 e. The van der Waals surface area contributed by atoms with Gasteiger partial charge in [0, 0.05) is 23.9 Å². The Morgan fingerprint density at radius 2 is 1.73 bits per heavy atom. The van der Waals surface area contributed by atoms with Gasteiger partial charge in [-0.1, -0.05) is 44.9 Å². The standard InChI is InChI=1S/C26H35NO5Si/c1-10-25(5)17-26(22(28)30-6,23(29)31-7)21-19(15-16-32-33(8,9)24(2,3)4)18-13-11-12-14-20(18)27(21)25/h1,11-14H,15-17H2,2-9H3. The van der Waals surface area contributed by atoms with E-state index in [9.17, 15) is 9.59 Å². The fourth-order valence-electron chi connectivity index (χ4n) is 4.71. The minimum Gasteiger partial charge on any atom is -0.468 e. The molecule has 0 N–H and O–H groups in total. The van der Waals surface area contributed by atoms with Crippen LogP contribution in [0.25, 0.3) is 10.9 Å². The van der Waals surface area contributed by atoms with Crippen molar-refractivity contribution in [2.45, 2.75) is 69.6 Å². The quantitative estimate of drug-likeness (QED) is 0.269. The van der Waals surface area contributed by atoms with Crippen molar-refractivity contribution in [1.29, 1.82) is 0 Å². The fourth-order valence-corrected chi connectivity index (χ4v) is 5.76. The molecule has 3 rings (SSSR count). The SMILES string of the molecule is C#CC1(C)CC(C(=O)OC)(C(=O)OC)c2c(CCO[Si](C)(C)C(C)(C)C)c3ccccc3n21. The molecule has 33 heavy (non-hydrogen) atoms. The van der Waals surface area contributed by atoms with Crippen LogP contribution in [0.3, 0.4) is 0 Å². The summed E-state index contributed by atoms with van der Waals surface area (Å²) in [6.07, 6.45) is 6.61. The van der Waals surface area contributed by atoms with E-state index >= 15 is 0 Å². The summed E-state index contributed by atoms with van der Waals surface area (Å²) in [4.78, 5) is 26.5. The lowest BCUT2D eigenvalue weighted by atomic mass is 9.76. The van der Waals surface area contributed by atoms with Gasteiger partial charge in [0.25, 0.3) is 0 Å². The summed E-state index contributed by atoms with van der Waals surface area (Å²) in [5.41, 5.74) is -0.239. The largest absolute Gasteiger partial charge is 0.468 e. The zero-order chi connectivity index (χ0) is 24.8. The molecule has 0 fully saturated rings. The van der Waals surface area contributed by atoms with Crippen molar-refractivity contribution < 1.29 is 23.5 Å². The molecule has 1 unspecified atom stereocenters. The lowest BCUT2D eigenvalue weighted by Gasteiger charge is -2.36. The molecule has 1 atom stereocenters. The second-order valence-electron chi connectivity index (χ2n) is 10.5. The third kappa shape index (κ3) is 3.70. The van der Waals surface area contributed by atoms with E-state index in [1.165, 1.54) is 14.2 Å². The highest BCUT2D eigenvalue weighted by molar-refractivity contribution is 6.74. The second kappa shape index (κ2) is 8.34. The van der Waals surface area contributed by atoms with E-state index in [2.05, 4.69) is 39.8 Å². The van der Waals surface area contributed by atoms with Crippen LogP contribution in [0.4, 0.5) is 0 Å². The minimum atomic E-state index is -1.98. The predicted molar refractivity (Wildman–Crippen MR) is 132 cm³/mol. The summed E-state index contributed by atoms with van der Waals surface area (Å²) in [7, 11) is 0.585. The van der Waals surface area contributed by atoms with Crippen LogP contribution >= 0.6 is 0 Å². The van der Waals surface area contributed by atoms with E-state index in [1.807, 2.05) is 35.8 Å². The third-order valence-electron chi connectivity index (χ3n) is 7.49. The summed E-state index contributed by atoms with van der Waals surface area (Å²) in [6, 6.07) is 7.84. The van der Waals surface area contributed by atoms with Crippen LogP contribution in [0.2, 0.25) is 18.1 Å². The van der Waals surface area contributed by atoms with Crippen LogP contribution < -0.4 is 0 Å². The van der Waals surface area contributed by atoms with Crippen molar-refractivity contribution in [2.24, 2.45) is 0 Å². The van der Waals surface area contributed by atoms with Gasteiger partial charge in [-0.05, 0) is 43.1 Å². The monoisotopic (exact) mass is 469 g/mol. The molecular weight excluding hydrogens is 434 g/mol. The number of ether oxygens (including phenoxy) is 2. The molecule has 178 valence electrons. The van der Waals surface area contributed by atoms with Gasteiger partial charge in [0.05, 0.1) is 19.9 Å². The first kappa shape index (κ1) is 25.1. The van der Waals surface area contributed by atoms with E-state index in [1.54, 1.807) is 0 Å². The van der Waals surface area contributed by atoms with Crippen molar-refractivity contribution in [2.75, 3.05) is 20.8 Å². The number of hydrogen-bond donors (Lipinski definition) is 0. The van der Waals surface area contributed by atoms with Crippen molar-refractivity contribution in [3.05, 3.63) is 35.5 Å². The van der Waals surface area contributed by atoms with Gasteiger partial charge in [0.2, 0.25) is 5.41 Å². The van der Waals surface area contributed by atoms with Gasteiger partial charge >= 0.3 is 11.9 Å². The molecule has 2 aromatic rings. The molecule has 0 amide bonds. The molecule has 1 aliphatic heterocycles. The number of benzene rings is 1. The third-order valence-corrected chi connectivity index (χ3v) is 12.0. The number of rotatable bonds is 6. The predicted octanol–water partition coefficient (Wildman–Crippen LogP) is 4.54. The number of esters is 2. The Bertz CT molecular complexity index is 1120. The Morgan fingerprint density at radius 1 is 1.15 bits per heavy atom. The van der Waals surface area contributed by atoms with Crippen molar-refractivity contribution in [1.82, 2.24) is 4.57 Å². The van der Waals surface area contributed by atoms with Gasteiger partial charge in [-0.3, -0.25) is 9.59 Å². The highest BCUT2D eigenvalue weighted by atomic mass is 28.4. The van der Waals surface area contributed by atoms with Gasteiger partial charge in [0.1, 0.15) is 5.54 Å². The van der Waals surface area contributed by atoms with Gasteiger partial charge in [-0.15, -0.1) is 6.42 Å². The molecule has 0 radical (unpaired) electrons. The number of methoxy groups -OCH3 is 2. The van der Waals surface area contributed by atoms with E-state index in [4.69, 9.17) is 20.3 Å². The number of carbonyl (C=O) groups excluding carboxylic acids is 2. The summed E-state index contributed by atoms with van der Waals surface area (Å²) in [5.74, 6) is 1.51. The van der Waals surface area contributed by atoms with Gasteiger partial charge in [-0.25, -0.2) is 0 Å². The number of nitrogens with zero attached hydrogens (tertiary/aromatic N) is 1. The zero-order valence-corrected chi connectivity index (χ0v) is 22.0. The summed E-state index contributed by atoms with van der Waals surface area (Å²) >= 11 is 0. The fraction of sp³-hybridized carbons (Fsp3) is 0.538. The number of fused-ring (bicyclic) bond motifs is 3. The Hall–Kier alpha value is -2.56. The Morgan fingerprint density at radius 3 is 2.24 bits per heavy atom. The molecule has 1 aromatic heterocycles. The van der Waals surface area contributed by atoms with Crippen molar-refractivity contribution in [3.63, 3.8) is 0 Å². The number of terminal acetylenes is 1. The maximum absolute atomic E-state index is 13.3. The van der Waals surface area contributed by atoms with E-state index in [0.717, 1.165) is 16.5 Å². The van der Waals surface area contributed by atoms with Crippen LogP contribution in [-0.2, 0) is 40.9 Å². The first-order chi connectivity index (χ1) is 15.3. The molecule has 0 bridgehead atoms. The van der Waals surface area contributed by atoms with E-state index in [0.29, 0.717) is 18.7 Å². The lowest BCUT2D eigenvalue weighted by molar-refractivity contribution is -0.162. The van der Waals surface area contributed by atoms with Crippen LogP contribution in [0.15, 0.2) is 24.3 Å². The van der Waals surface area contributed by atoms with Crippen molar-refractivity contribution in [3.8, 4) is 12.3 Å². The average molecular weight is 470 g/mol. The topological polar surface area (TPSA) is 66.8 Å². The summed E-state index contributed by atoms with van der Waals surface area (Å²) in [5, 5.41) is 1.02. The first-order valence-corrected chi connectivity index (χ1v) is 14.1. The van der Waals surface area contributed by atoms with E-state index < -0.39 is 31.2 Å². The van der Waals surface area contributed by atoms with Gasteiger partial charge < -0.3 is 18.5 Å². The molecular formula is C26H35NO5Si. The molecule has 0 saturated carbocycles. The first-order valence-electron chi connectivity index (χ1n) is 11.2. The molecule has 0 spiro atoms. The number of hydrogen-bond acceptors (Lipinski definition) is 5. The molecule has 0 aliphatic carbocycles. The maximum atomic E-state index is 13.3. The zero-order valence-electron chi connectivity index (χ0n) is 21.0.